The van der Waals surface area contributed by atoms with Crippen LogP contribution in [0, 0.1) is 11.8 Å². The molecule has 0 aromatic heterocycles. The molecule has 2 aromatic rings. The fraction of sp³-hybridized carbons (Fsp3) is 0.577. The van der Waals surface area contributed by atoms with Crippen molar-refractivity contribution in [2.24, 2.45) is 11.8 Å². The Labute approximate surface area is 181 Å². The normalized spacial score (nSPS) is 21.1. The molecule has 1 unspecified atom stereocenters. The Morgan fingerprint density at radius 1 is 1.03 bits per heavy atom. The summed E-state index contributed by atoms with van der Waals surface area (Å²) < 4.78 is 6.01. The molecular weight excluding hydrogens is 372 g/mol. The summed E-state index contributed by atoms with van der Waals surface area (Å²) in [7, 11) is 0. The smallest absolute Gasteiger partial charge is 0.222 e. The van der Waals surface area contributed by atoms with Crippen LogP contribution in [0.1, 0.15) is 45.4 Å². The first kappa shape index (κ1) is 21.2. The molecule has 2 fully saturated rings. The molecule has 0 spiro atoms. The molecule has 2 heterocycles. The van der Waals surface area contributed by atoms with E-state index in [9.17, 15) is 4.79 Å². The quantitative estimate of drug-likeness (QED) is 0.607. The zero-order chi connectivity index (χ0) is 20.8. The first-order chi connectivity index (χ1) is 14.7. The Morgan fingerprint density at radius 3 is 2.70 bits per heavy atom. The summed E-state index contributed by atoms with van der Waals surface area (Å²) in [6.45, 7) is 8.45. The third-order valence-corrected chi connectivity index (χ3v) is 6.81. The van der Waals surface area contributed by atoms with Crippen LogP contribution < -0.4 is 4.74 Å². The first-order valence-corrected chi connectivity index (χ1v) is 11.8. The van der Waals surface area contributed by atoms with Crippen LogP contribution in [0.5, 0.6) is 5.75 Å². The van der Waals surface area contributed by atoms with Gasteiger partial charge in [0.15, 0.2) is 0 Å². The van der Waals surface area contributed by atoms with Crippen LogP contribution in [-0.4, -0.2) is 55.0 Å². The van der Waals surface area contributed by atoms with E-state index >= 15 is 0 Å². The lowest BCUT2D eigenvalue weighted by atomic mass is 9.94. The van der Waals surface area contributed by atoms with Gasteiger partial charge in [0.25, 0.3) is 0 Å². The lowest BCUT2D eigenvalue weighted by Gasteiger charge is -2.38. The van der Waals surface area contributed by atoms with Crippen molar-refractivity contribution in [2.45, 2.75) is 45.4 Å². The Balaban J connectivity index is 1.20. The van der Waals surface area contributed by atoms with Crippen molar-refractivity contribution >= 4 is 16.7 Å². The number of hydrogen-bond donors (Lipinski definition) is 0. The lowest BCUT2D eigenvalue weighted by Crippen LogP contribution is -2.45. The fourth-order valence-corrected chi connectivity index (χ4v) is 4.94. The summed E-state index contributed by atoms with van der Waals surface area (Å²) in [5.41, 5.74) is 0. The predicted molar refractivity (Wildman–Crippen MR) is 123 cm³/mol. The van der Waals surface area contributed by atoms with Gasteiger partial charge in [-0.1, -0.05) is 43.3 Å². The molecule has 0 saturated carbocycles. The summed E-state index contributed by atoms with van der Waals surface area (Å²) in [4.78, 5) is 17.5. The highest BCUT2D eigenvalue weighted by atomic mass is 16.5. The Bertz CT molecular complexity index is 823. The second kappa shape index (κ2) is 10.3. The Kier molecular flexibility index (Phi) is 7.27. The van der Waals surface area contributed by atoms with Gasteiger partial charge in [-0.15, -0.1) is 0 Å². The van der Waals surface area contributed by atoms with Crippen LogP contribution in [0.2, 0.25) is 0 Å². The van der Waals surface area contributed by atoms with E-state index in [-0.39, 0.29) is 0 Å². The Hall–Kier alpha value is -2.07. The average molecular weight is 409 g/mol. The van der Waals surface area contributed by atoms with Crippen molar-refractivity contribution in [3.05, 3.63) is 42.5 Å². The van der Waals surface area contributed by atoms with E-state index in [4.69, 9.17) is 4.74 Å². The summed E-state index contributed by atoms with van der Waals surface area (Å²) in [5, 5.41) is 2.32. The predicted octanol–water partition coefficient (Wildman–Crippen LogP) is 4.97. The van der Waals surface area contributed by atoms with Crippen molar-refractivity contribution in [1.29, 1.82) is 0 Å². The molecule has 1 amide bonds. The number of hydrogen-bond acceptors (Lipinski definition) is 3. The van der Waals surface area contributed by atoms with Crippen LogP contribution in [-0.2, 0) is 4.79 Å². The van der Waals surface area contributed by atoms with Gasteiger partial charge in [-0.25, -0.2) is 0 Å². The highest BCUT2D eigenvalue weighted by Gasteiger charge is 2.26. The van der Waals surface area contributed by atoms with Crippen LogP contribution in [0.15, 0.2) is 42.5 Å². The number of ether oxygens (including phenoxy) is 1. The molecule has 4 nitrogen and oxygen atoms in total. The van der Waals surface area contributed by atoms with Crippen LogP contribution in [0.25, 0.3) is 10.8 Å². The second-order valence-corrected chi connectivity index (χ2v) is 9.26. The molecule has 2 aromatic carbocycles. The van der Waals surface area contributed by atoms with Gasteiger partial charge in [-0.2, -0.15) is 0 Å². The van der Waals surface area contributed by atoms with Gasteiger partial charge in [0.05, 0.1) is 6.61 Å². The van der Waals surface area contributed by atoms with E-state index in [1.54, 1.807) is 0 Å². The standard InChI is InChI=1S/C26H36N2O2/c1-21-13-16-27(17-14-21)19-22-7-5-15-28(20-22)26(29)12-6-18-30-25-11-4-9-23-8-2-3-10-24(23)25/h2-4,8-11,21-22H,5-7,12-20H2,1H3. The maximum absolute atomic E-state index is 12.8. The molecule has 4 rings (SSSR count). The molecule has 1 atom stereocenters. The van der Waals surface area contributed by atoms with Crippen LogP contribution in [0.3, 0.4) is 0 Å². The minimum absolute atomic E-state index is 0.300. The molecule has 162 valence electrons. The van der Waals surface area contributed by atoms with Crippen molar-refractivity contribution in [2.75, 3.05) is 39.3 Å². The number of piperidine rings is 2. The van der Waals surface area contributed by atoms with E-state index in [0.29, 0.717) is 24.9 Å². The summed E-state index contributed by atoms with van der Waals surface area (Å²) in [6, 6.07) is 14.4. The van der Waals surface area contributed by atoms with Crippen molar-refractivity contribution in [3.63, 3.8) is 0 Å². The summed E-state index contributed by atoms with van der Waals surface area (Å²) in [5.74, 6) is 2.73. The minimum atomic E-state index is 0.300. The molecule has 2 aliphatic rings. The minimum Gasteiger partial charge on any atom is -0.493 e. The number of carbonyl (C=O) groups is 1. The van der Waals surface area contributed by atoms with Crippen molar-refractivity contribution < 1.29 is 9.53 Å². The number of benzene rings is 2. The fourth-order valence-electron chi connectivity index (χ4n) is 4.94. The zero-order valence-electron chi connectivity index (χ0n) is 18.4. The second-order valence-electron chi connectivity index (χ2n) is 9.26. The number of nitrogens with zero attached hydrogens (tertiary/aromatic N) is 2. The first-order valence-electron chi connectivity index (χ1n) is 11.8. The molecule has 4 heteroatoms. The van der Waals surface area contributed by atoms with Gasteiger partial charge >= 0.3 is 0 Å². The van der Waals surface area contributed by atoms with Crippen molar-refractivity contribution in [3.8, 4) is 5.75 Å². The van der Waals surface area contributed by atoms with E-state index in [0.717, 1.165) is 43.0 Å². The Morgan fingerprint density at radius 2 is 1.83 bits per heavy atom. The van der Waals surface area contributed by atoms with Gasteiger partial charge in [-0.3, -0.25) is 4.79 Å². The summed E-state index contributed by atoms with van der Waals surface area (Å²) >= 11 is 0. The lowest BCUT2D eigenvalue weighted by molar-refractivity contribution is -0.133. The molecular formula is C26H36N2O2. The van der Waals surface area contributed by atoms with Gasteiger partial charge < -0.3 is 14.5 Å². The number of carbonyl (C=O) groups excluding carboxylic acids is 1. The van der Waals surface area contributed by atoms with Gasteiger partial charge in [-0.05, 0) is 68.5 Å². The van der Waals surface area contributed by atoms with E-state index in [1.165, 1.54) is 44.3 Å². The summed E-state index contributed by atoms with van der Waals surface area (Å²) in [6.07, 6.45) is 6.41. The van der Waals surface area contributed by atoms with Crippen molar-refractivity contribution in [1.82, 2.24) is 9.80 Å². The molecule has 0 bridgehead atoms. The van der Waals surface area contributed by atoms with Gasteiger partial charge in [0.2, 0.25) is 5.91 Å². The highest BCUT2D eigenvalue weighted by Crippen LogP contribution is 2.26. The average Bonchev–Trinajstić information content (AvgIpc) is 2.78. The van der Waals surface area contributed by atoms with E-state index in [1.807, 2.05) is 24.3 Å². The third-order valence-electron chi connectivity index (χ3n) is 6.81. The number of fused-ring (bicyclic) bond motifs is 1. The molecule has 2 saturated heterocycles. The topological polar surface area (TPSA) is 32.8 Å². The maximum Gasteiger partial charge on any atom is 0.222 e. The monoisotopic (exact) mass is 408 g/mol. The number of likely N-dealkylation sites (tertiary alicyclic amines) is 2. The van der Waals surface area contributed by atoms with Gasteiger partial charge in [0, 0.05) is 31.4 Å². The molecule has 0 N–H and O–H groups in total. The number of amides is 1. The molecule has 30 heavy (non-hydrogen) atoms. The largest absolute Gasteiger partial charge is 0.493 e. The van der Waals surface area contributed by atoms with Gasteiger partial charge in [0.1, 0.15) is 5.75 Å². The van der Waals surface area contributed by atoms with Crippen LogP contribution in [0.4, 0.5) is 0 Å². The molecule has 2 aliphatic heterocycles. The third kappa shape index (κ3) is 5.54. The molecule has 0 radical (unpaired) electrons. The molecule has 0 aliphatic carbocycles. The number of rotatable bonds is 7. The maximum atomic E-state index is 12.8. The van der Waals surface area contributed by atoms with Crippen LogP contribution >= 0.6 is 0 Å². The zero-order valence-corrected chi connectivity index (χ0v) is 18.4. The SMILES string of the molecule is CC1CCN(CC2CCCN(C(=O)CCCOc3cccc4ccccc34)C2)CC1. The van der Waals surface area contributed by atoms with E-state index in [2.05, 4.69) is 34.9 Å². The van der Waals surface area contributed by atoms with E-state index < -0.39 is 0 Å². The highest BCUT2D eigenvalue weighted by molar-refractivity contribution is 5.88.